The normalized spacial score (nSPS) is 10.0. The summed E-state index contributed by atoms with van der Waals surface area (Å²) in [4.78, 5) is 36.5. The summed E-state index contributed by atoms with van der Waals surface area (Å²) < 4.78 is 9.34. The molecule has 138 valence electrons. The van der Waals surface area contributed by atoms with Crippen LogP contribution in [0.5, 0.6) is 0 Å². The van der Waals surface area contributed by atoms with Gasteiger partial charge in [0, 0.05) is 30.9 Å². The number of carbonyl (C=O) groups is 3. The minimum Gasteiger partial charge on any atom is -0.469 e. The van der Waals surface area contributed by atoms with E-state index in [2.05, 4.69) is 14.8 Å². The maximum absolute atomic E-state index is 11.8. The number of methoxy groups -OCH3 is 2. The van der Waals surface area contributed by atoms with Gasteiger partial charge in [-0.15, -0.1) is 0 Å². The van der Waals surface area contributed by atoms with Gasteiger partial charge >= 0.3 is 11.9 Å². The van der Waals surface area contributed by atoms with E-state index in [0.29, 0.717) is 25.2 Å². The first-order chi connectivity index (χ1) is 12.0. The lowest BCUT2D eigenvalue weighted by Gasteiger charge is -2.24. The molecule has 7 heteroatoms. The molecule has 0 heterocycles. The van der Waals surface area contributed by atoms with Crippen LogP contribution in [0.2, 0.25) is 0 Å². The van der Waals surface area contributed by atoms with Crippen molar-refractivity contribution in [1.29, 1.82) is 0 Å². The van der Waals surface area contributed by atoms with E-state index >= 15 is 0 Å². The van der Waals surface area contributed by atoms with E-state index in [1.165, 1.54) is 14.2 Å². The molecule has 0 saturated heterocycles. The van der Waals surface area contributed by atoms with E-state index in [4.69, 9.17) is 0 Å². The van der Waals surface area contributed by atoms with Crippen molar-refractivity contribution >= 4 is 29.2 Å². The highest BCUT2D eigenvalue weighted by Gasteiger charge is 2.13. The molecule has 0 atom stereocenters. The van der Waals surface area contributed by atoms with Crippen LogP contribution in [0.25, 0.3) is 0 Å². The second-order valence-electron chi connectivity index (χ2n) is 5.49. The summed E-state index contributed by atoms with van der Waals surface area (Å²) in [6.45, 7) is 2.74. The molecule has 1 rings (SSSR count). The molecule has 0 bridgehead atoms. The third kappa shape index (κ3) is 7.69. The summed E-state index contributed by atoms with van der Waals surface area (Å²) in [5, 5.41) is 2.84. The maximum atomic E-state index is 11.8. The molecular weight excluding hydrogens is 324 g/mol. The molecule has 0 aliphatic rings. The van der Waals surface area contributed by atoms with Crippen LogP contribution in [-0.2, 0) is 23.9 Å². The van der Waals surface area contributed by atoms with Crippen LogP contribution in [0.15, 0.2) is 24.3 Å². The van der Waals surface area contributed by atoms with Crippen LogP contribution in [0.4, 0.5) is 11.4 Å². The van der Waals surface area contributed by atoms with Gasteiger partial charge in [-0.25, -0.2) is 0 Å². The lowest BCUT2D eigenvalue weighted by Crippen LogP contribution is -2.29. The molecule has 1 amide bonds. The number of amides is 1. The van der Waals surface area contributed by atoms with Gasteiger partial charge in [0.15, 0.2) is 0 Å². The molecule has 7 nitrogen and oxygen atoms in total. The number of nitrogens with zero attached hydrogens (tertiary/aromatic N) is 1. The molecule has 0 aliphatic carbocycles. The summed E-state index contributed by atoms with van der Waals surface area (Å²) >= 11 is 0. The quantitative estimate of drug-likeness (QED) is 0.652. The Bertz CT molecular complexity index is 569. The van der Waals surface area contributed by atoms with Crippen molar-refractivity contribution in [3.05, 3.63) is 24.3 Å². The highest BCUT2D eigenvalue weighted by molar-refractivity contribution is 5.91. The number of rotatable bonds is 10. The number of benzene rings is 1. The van der Waals surface area contributed by atoms with Gasteiger partial charge in [0.1, 0.15) is 0 Å². The first kappa shape index (κ1) is 20.5. The van der Waals surface area contributed by atoms with E-state index in [1.807, 2.05) is 30.0 Å². The lowest BCUT2D eigenvalue weighted by atomic mass is 10.2. The minimum atomic E-state index is -0.324. The number of hydrogen-bond acceptors (Lipinski definition) is 6. The summed E-state index contributed by atoms with van der Waals surface area (Å²) in [6.07, 6.45) is 1.63. The van der Waals surface area contributed by atoms with E-state index in [9.17, 15) is 14.4 Å². The Kier molecular flexibility index (Phi) is 9.06. The SMILES string of the molecule is CCCC(=O)Nc1cccc(N(CCC(=O)OC)CCC(=O)OC)c1. The van der Waals surface area contributed by atoms with Crippen LogP contribution in [0, 0.1) is 0 Å². The molecule has 1 aromatic rings. The number of esters is 2. The summed E-state index contributed by atoms with van der Waals surface area (Å²) in [6, 6.07) is 7.31. The Hall–Kier alpha value is -2.57. The van der Waals surface area contributed by atoms with Crippen LogP contribution >= 0.6 is 0 Å². The highest BCUT2D eigenvalue weighted by atomic mass is 16.5. The van der Waals surface area contributed by atoms with Gasteiger partial charge in [-0.05, 0) is 24.6 Å². The first-order valence-corrected chi connectivity index (χ1v) is 8.28. The Morgan fingerprint density at radius 3 is 2.12 bits per heavy atom. The molecular formula is C18H26N2O5. The number of hydrogen-bond donors (Lipinski definition) is 1. The summed E-state index contributed by atoms with van der Waals surface area (Å²) in [5.74, 6) is -0.693. The average Bonchev–Trinajstić information content (AvgIpc) is 2.61. The fourth-order valence-corrected chi connectivity index (χ4v) is 2.26. The summed E-state index contributed by atoms with van der Waals surface area (Å²) in [7, 11) is 2.68. The van der Waals surface area contributed by atoms with Crippen LogP contribution in [-0.4, -0.2) is 45.2 Å². The van der Waals surface area contributed by atoms with Gasteiger partial charge < -0.3 is 19.7 Å². The molecule has 0 saturated carbocycles. The van der Waals surface area contributed by atoms with E-state index in [-0.39, 0.29) is 30.7 Å². The molecule has 0 aromatic heterocycles. The fourth-order valence-electron chi connectivity index (χ4n) is 2.26. The molecule has 1 aromatic carbocycles. The van der Waals surface area contributed by atoms with Crippen LogP contribution < -0.4 is 10.2 Å². The molecule has 0 unspecified atom stereocenters. The largest absolute Gasteiger partial charge is 0.469 e. The Balaban J connectivity index is 2.85. The molecule has 0 aliphatic heterocycles. The van der Waals surface area contributed by atoms with Crippen LogP contribution in [0.1, 0.15) is 32.6 Å². The Morgan fingerprint density at radius 2 is 1.60 bits per heavy atom. The van der Waals surface area contributed by atoms with Crippen molar-refractivity contribution in [2.45, 2.75) is 32.6 Å². The maximum Gasteiger partial charge on any atom is 0.307 e. The Labute approximate surface area is 148 Å². The van der Waals surface area contributed by atoms with Crippen molar-refractivity contribution in [2.75, 3.05) is 37.5 Å². The molecule has 0 radical (unpaired) electrons. The van der Waals surface area contributed by atoms with E-state index in [1.54, 1.807) is 6.07 Å². The monoisotopic (exact) mass is 350 g/mol. The van der Waals surface area contributed by atoms with Crippen molar-refractivity contribution in [3.63, 3.8) is 0 Å². The molecule has 0 spiro atoms. The smallest absolute Gasteiger partial charge is 0.307 e. The second kappa shape index (κ2) is 11.1. The number of ether oxygens (including phenoxy) is 2. The Morgan fingerprint density at radius 1 is 1.00 bits per heavy atom. The number of anilines is 2. The third-order valence-electron chi connectivity index (χ3n) is 3.60. The van der Waals surface area contributed by atoms with Gasteiger partial charge in [-0.2, -0.15) is 0 Å². The van der Waals surface area contributed by atoms with Gasteiger partial charge in [0.25, 0.3) is 0 Å². The van der Waals surface area contributed by atoms with E-state index in [0.717, 1.165) is 12.1 Å². The third-order valence-corrected chi connectivity index (χ3v) is 3.60. The first-order valence-electron chi connectivity index (χ1n) is 8.28. The zero-order valence-corrected chi connectivity index (χ0v) is 15.0. The van der Waals surface area contributed by atoms with Gasteiger partial charge in [-0.3, -0.25) is 14.4 Å². The van der Waals surface area contributed by atoms with E-state index < -0.39 is 0 Å². The van der Waals surface area contributed by atoms with Gasteiger partial charge in [-0.1, -0.05) is 13.0 Å². The zero-order chi connectivity index (χ0) is 18.7. The standard InChI is InChI=1S/C18H26N2O5/c1-4-6-16(21)19-14-7-5-8-15(13-14)20(11-9-17(22)24-2)12-10-18(23)25-3/h5,7-8,13H,4,6,9-12H2,1-3H3,(H,19,21). The predicted octanol–water partition coefficient (Wildman–Crippen LogP) is 2.36. The molecule has 0 fully saturated rings. The lowest BCUT2D eigenvalue weighted by molar-refractivity contribution is -0.140. The number of nitrogens with one attached hydrogen (secondary N) is 1. The minimum absolute atomic E-state index is 0.0460. The van der Waals surface area contributed by atoms with Crippen molar-refractivity contribution in [1.82, 2.24) is 0 Å². The van der Waals surface area contributed by atoms with Crippen LogP contribution in [0.3, 0.4) is 0 Å². The zero-order valence-electron chi connectivity index (χ0n) is 15.0. The molecule has 1 N–H and O–H groups in total. The molecule has 25 heavy (non-hydrogen) atoms. The average molecular weight is 350 g/mol. The van der Waals surface area contributed by atoms with Gasteiger partial charge in [0.2, 0.25) is 5.91 Å². The number of carbonyl (C=O) groups excluding carboxylic acids is 3. The van der Waals surface area contributed by atoms with Crippen molar-refractivity contribution < 1.29 is 23.9 Å². The fraction of sp³-hybridized carbons (Fsp3) is 0.500. The van der Waals surface area contributed by atoms with Gasteiger partial charge in [0.05, 0.1) is 27.1 Å². The predicted molar refractivity (Wildman–Crippen MR) is 95.5 cm³/mol. The van der Waals surface area contributed by atoms with Crippen molar-refractivity contribution in [3.8, 4) is 0 Å². The topological polar surface area (TPSA) is 84.9 Å². The van der Waals surface area contributed by atoms with Crippen molar-refractivity contribution in [2.24, 2.45) is 0 Å². The second-order valence-corrected chi connectivity index (χ2v) is 5.49. The highest BCUT2D eigenvalue weighted by Crippen LogP contribution is 2.20. The summed E-state index contributed by atoms with van der Waals surface area (Å²) in [5.41, 5.74) is 1.49.